The predicted octanol–water partition coefficient (Wildman–Crippen LogP) is 3.60. The van der Waals surface area contributed by atoms with Crippen LogP contribution in [0.2, 0.25) is 5.02 Å². The van der Waals surface area contributed by atoms with Crippen LogP contribution in [0.15, 0.2) is 83.8 Å². The highest BCUT2D eigenvalue weighted by Crippen LogP contribution is 2.59. The van der Waals surface area contributed by atoms with E-state index in [1.165, 1.54) is 24.3 Å². The van der Waals surface area contributed by atoms with Crippen LogP contribution in [0.4, 0.5) is 14.5 Å². The highest BCUT2D eigenvalue weighted by molar-refractivity contribution is 7.89. The lowest BCUT2D eigenvalue weighted by Crippen LogP contribution is -2.48. The Hall–Kier alpha value is -3.19. The monoisotopic (exact) mass is 615 g/mol. The van der Waals surface area contributed by atoms with Gasteiger partial charge in [-0.2, -0.15) is 13.5 Å². The second-order valence-corrected chi connectivity index (χ2v) is 12.4. The maximum Gasteiger partial charge on any atom is 0.399 e. The van der Waals surface area contributed by atoms with Crippen molar-refractivity contribution in [1.29, 1.82) is 0 Å². The lowest BCUT2D eigenvalue weighted by Gasteiger charge is -2.20. The second kappa shape index (κ2) is 13.0. The van der Waals surface area contributed by atoms with Crippen molar-refractivity contribution in [2.45, 2.75) is 29.4 Å². The molecule has 3 rings (SSSR count). The molecule has 0 heterocycles. The molecule has 1 atom stereocenters. The van der Waals surface area contributed by atoms with Crippen molar-refractivity contribution in [3.05, 3.63) is 95.0 Å². The first kappa shape index (κ1) is 31.3. The van der Waals surface area contributed by atoms with E-state index in [-0.39, 0.29) is 29.8 Å². The summed E-state index contributed by atoms with van der Waals surface area (Å²) in [5, 5.41) is 5.60. The van der Waals surface area contributed by atoms with Crippen LogP contribution in [0.3, 0.4) is 0 Å². The minimum atomic E-state index is -5.78. The number of sulfonamides is 1. The van der Waals surface area contributed by atoms with Gasteiger partial charge in [-0.25, -0.2) is 8.42 Å². The summed E-state index contributed by atoms with van der Waals surface area (Å²) >= 11 is 5.81. The Morgan fingerprint density at radius 1 is 0.950 bits per heavy atom. The Balaban J connectivity index is 1.72. The summed E-state index contributed by atoms with van der Waals surface area (Å²) in [7, 11) is -9.97. The SMILES string of the molecule is O=C(CCNC(=O)[C@H](Cc1ccc(C(F)(F)P(=O)(O)O)cc1)NS(=O)(=O)c1ccccc1)Nc1ccc(Cl)cc1. The number of amides is 2. The van der Waals surface area contributed by atoms with Gasteiger partial charge in [0.15, 0.2) is 0 Å². The summed E-state index contributed by atoms with van der Waals surface area (Å²) in [6.07, 6.45) is -0.435. The number of hydrogen-bond donors (Lipinski definition) is 5. The van der Waals surface area contributed by atoms with Gasteiger partial charge in [0.25, 0.3) is 0 Å². The number of nitrogens with one attached hydrogen (secondary N) is 3. The smallest absolute Gasteiger partial charge is 0.354 e. The molecule has 3 aromatic carbocycles. The van der Waals surface area contributed by atoms with Crippen LogP contribution in [0.1, 0.15) is 17.5 Å². The number of hydrogen-bond acceptors (Lipinski definition) is 5. The first-order valence-corrected chi connectivity index (χ1v) is 15.1. The Bertz CT molecular complexity index is 1490. The standard InChI is InChI=1S/C25H25ClF2N3O7PS/c26-19-10-12-20(13-11-19)30-23(32)14-15-29-24(33)22(31-40(37,38)21-4-2-1-3-5-21)16-17-6-8-18(9-7-17)25(27,28)39(34,35)36/h1-13,22,31H,14-16H2,(H,29,33)(H,30,32)(H2,34,35,36)/t22-/m0/s1. The summed E-state index contributed by atoms with van der Waals surface area (Å²) in [5.74, 6) is -1.21. The maximum absolute atomic E-state index is 14.0. The van der Waals surface area contributed by atoms with E-state index in [1.54, 1.807) is 30.3 Å². The molecule has 0 aromatic heterocycles. The highest BCUT2D eigenvalue weighted by atomic mass is 35.5. The molecule has 3 aromatic rings. The van der Waals surface area contributed by atoms with Crippen molar-refractivity contribution in [3.8, 4) is 0 Å². The van der Waals surface area contributed by atoms with Crippen LogP contribution in [-0.4, -0.2) is 42.6 Å². The summed E-state index contributed by atoms with van der Waals surface area (Å²) in [6, 6.07) is 15.9. The maximum atomic E-state index is 14.0. The second-order valence-electron chi connectivity index (χ2n) is 8.57. The fraction of sp³-hybridized carbons (Fsp3) is 0.200. The fourth-order valence-corrected chi connectivity index (χ4v) is 5.30. The number of rotatable bonds is 12. The number of carbonyl (C=O) groups excluding carboxylic acids is 2. The number of halogens is 3. The van der Waals surface area contributed by atoms with Crippen LogP contribution in [0.5, 0.6) is 0 Å². The third-order valence-corrected chi connectivity index (χ3v) is 8.28. The predicted molar refractivity (Wildman–Crippen MR) is 144 cm³/mol. The molecule has 10 nitrogen and oxygen atoms in total. The fourth-order valence-electron chi connectivity index (χ4n) is 3.47. The quantitative estimate of drug-likeness (QED) is 0.194. The molecule has 0 unspecified atom stereocenters. The zero-order chi connectivity index (χ0) is 29.6. The third-order valence-electron chi connectivity index (χ3n) is 5.55. The minimum absolute atomic E-state index is 0.119. The average Bonchev–Trinajstić information content (AvgIpc) is 2.89. The van der Waals surface area contributed by atoms with Crippen molar-refractivity contribution in [1.82, 2.24) is 10.0 Å². The van der Waals surface area contributed by atoms with Gasteiger partial charge in [-0.1, -0.05) is 54.1 Å². The van der Waals surface area contributed by atoms with Crippen molar-refractivity contribution in [2.75, 3.05) is 11.9 Å². The van der Waals surface area contributed by atoms with E-state index >= 15 is 0 Å². The summed E-state index contributed by atoms with van der Waals surface area (Å²) in [4.78, 5) is 42.9. The number of anilines is 1. The Labute approximate surface area is 234 Å². The molecule has 0 saturated heterocycles. The molecule has 15 heteroatoms. The number of alkyl halides is 2. The number of carbonyl (C=O) groups is 2. The Morgan fingerprint density at radius 3 is 2.12 bits per heavy atom. The van der Waals surface area contributed by atoms with E-state index in [2.05, 4.69) is 15.4 Å². The Kier molecular flexibility index (Phi) is 10.2. The molecule has 5 N–H and O–H groups in total. The minimum Gasteiger partial charge on any atom is -0.354 e. The lowest BCUT2D eigenvalue weighted by atomic mass is 10.0. The molecule has 214 valence electrons. The first-order chi connectivity index (χ1) is 18.7. The van der Waals surface area contributed by atoms with Crippen molar-refractivity contribution in [2.24, 2.45) is 0 Å². The van der Waals surface area contributed by atoms with E-state index in [9.17, 15) is 31.4 Å². The molecular weight excluding hydrogens is 591 g/mol. The van der Waals surface area contributed by atoms with Crippen LogP contribution >= 0.6 is 19.2 Å². The largest absolute Gasteiger partial charge is 0.399 e. The molecule has 40 heavy (non-hydrogen) atoms. The summed E-state index contributed by atoms with van der Waals surface area (Å²) < 4.78 is 67.2. The van der Waals surface area contributed by atoms with Gasteiger partial charge >= 0.3 is 13.3 Å². The molecule has 0 aliphatic heterocycles. The molecule has 0 radical (unpaired) electrons. The molecule has 0 saturated carbocycles. The zero-order valence-corrected chi connectivity index (χ0v) is 23.1. The van der Waals surface area contributed by atoms with Gasteiger partial charge in [-0.05, 0) is 48.4 Å². The molecule has 0 spiro atoms. The van der Waals surface area contributed by atoms with Crippen molar-refractivity contribution < 1.29 is 41.1 Å². The van der Waals surface area contributed by atoms with Crippen LogP contribution in [0, 0.1) is 0 Å². The van der Waals surface area contributed by atoms with E-state index in [4.69, 9.17) is 21.4 Å². The first-order valence-electron chi connectivity index (χ1n) is 11.6. The highest BCUT2D eigenvalue weighted by Gasteiger charge is 2.50. The van der Waals surface area contributed by atoms with E-state index < -0.39 is 46.7 Å². The summed E-state index contributed by atoms with van der Waals surface area (Å²) in [6.45, 7) is -0.144. The van der Waals surface area contributed by atoms with Gasteiger partial charge in [0.05, 0.1) is 4.90 Å². The molecule has 2 amide bonds. The summed E-state index contributed by atoms with van der Waals surface area (Å²) in [5.41, 5.74) is -4.66. The normalized spacial score (nSPS) is 12.9. The van der Waals surface area contributed by atoms with Crippen molar-refractivity contribution in [3.63, 3.8) is 0 Å². The van der Waals surface area contributed by atoms with Gasteiger partial charge in [-0.3, -0.25) is 14.2 Å². The van der Waals surface area contributed by atoms with E-state index in [1.807, 2.05) is 0 Å². The zero-order valence-electron chi connectivity index (χ0n) is 20.6. The molecule has 0 aliphatic carbocycles. The molecule has 0 aliphatic rings. The van der Waals surface area contributed by atoms with Gasteiger partial charge in [-0.15, -0.1) is 0 Å². The van der Waals surface area contributed by atoms with E-state index in [0.29, 0.717) is 10.7 Å². The van der Waals surface area contributed by atoms with Crippen LogP contribution in [-0.2, 0) is 36.3 Å². The average molecular weight is 616 g/mol. The van der Waals surface area contributed by atoms with Gasteiger partial charge in [0.1, 0.15) is 6.04 Å². The van der Waals surface area contributed by atoms with Gasteiger partial charge in [0.2, 0.25) is 21.8 Å². The third kappa shape index (κ3) is 8.40. The molecule has 0 bridgehead atoms. The molecule has 0 fully saturated rings. The van der Waals surface area contributed by atoms with E-state index in [0.717, 1.165) is 24.3 Å². The Morgan fingerprint density at radius 2 is 1.55 bits per heavy atom. The lowest BCUT2D eigenvalue weighted by molar-refractivity contribution is -0.122. The van der Waals surface area contributed by atoms with Gasteiger partial charge in [0, 0.05) is 29.2 Å². The topological polar surface area (TPSA) is 162 Å². The van der Waals surface area contributed by atoms with Crippen LogP contribution < -0.4 is 15.4 Å². The van der Waals surface area contributed by atoms with Crippen molar-refractivity contribution >= 4 is 46.7 Å². The van der Waals surface area contributed by atoms with Gasteiger partial charge < -0.3 is 20.4 Å². The molecular formula is C25H25ClF2N3O7PS. The number of benzene rings is 3. The van der Waals surface area contributed by atoms with Crippen LogP contribution in [0.25, 0.3) is 0 Å².